The highest BCUT2D eigenvalue weighted by Crippen LogP contribution is 2.42. The molecule has 1 aromatic rings. The van der Waals surface area contributed by atoms with E-state index in [4.69, 9.17) is 0 Å². The van der Waals surface area contributed by atoms with Crippen molar-refractivity contribution < 1.29 is 35.9 Å². The molecule has 0 radical (unpaired) electrons. The molecule has 0 aliphatic heterocycles. The number of carbonyl (C=O) groups excluding carboxylic acids is 1. The minimum atomic E-state index is -4.90. The third kappa shape index (κ3) is 5.28. The Morgan fingerprint density at radius 2 is 1.73 bits per heavy atom. The first-order chi connectivity index (χ1) is 12.0. The minimum Gasteiger partial charge on any atom is -0.405 e. The lowest BCUT2D eigenvalue weighted by molar-refractivity contribution is -0.275. The number of amides is 1. The molecule has 9 heteroatoms. The second-order valence-electron chi connectivity index (χ2n) is 6.39. The maximum absolute atomic E-state index is 13.2. The summed E-state index contributed by atoms with van der Waals surface area (Å²) in [5, 5.41) is 0. The van der Waals surface area contributed by atoms with E-state index in [2.05, 4.69) is 4.74 Å². The van der Waals surface area contributed by atoms with Crippen LogP contribution in [0.3, 0.4) is 0 Å². The summed E-state index contributed by atoms with van der Waals surface area (Å²) in [5.41, 5.74) is 0.0695. The van der Waals surface area contributed by atoms with Gasteiger partial charge in [-0.05, 0) is 18.9 Å². The zero-order valence-electron chi connectivity index (χ0n) is 14.0. The molecular formula is C17H19F6NO2. The Morgan fingerprint density at radius 3 is 2.35 bits per heavy atom. The first-order valence-electron chi connectivity index (χ1n) is 8.14. The number of hydrogen-bond donors (Lipinski definition) is 0. The Hall–Kier alpha value is -1.93. The van der Waals surface area contributed by atoms with Crippen molar-refractivity contribution >= 4 is 5.91 Å². The summed E-state index contributed by atoms with van der Waals surface area (Å²) in [5.74, 6) is -4.11. The lowest BCUT2D eigenvalue weighted by Gasteiger charge is -2.34. The lowest BCUT2D eigenvalue weighted by Crippen LogP contribution is -2.43. The van der Waals surface area contributed by atoms with Gasteiger partial charge in [0.25, 0.3) is 0 Å². The van der Waals surface area contributed by atoms with Crippen molar-refractivity contribution in [1.82, 2.24) is 4.90 Å². The van der Waals surface area contributed by atoms with Crippen molar-refractivity contribution in [3.05, 3.63) is 29.8 Å². The van der Waals surface area contributed by atoms with Crippen LogP contribution in [0.4, 0.5) is 26.3 Å². The maximum Gasteiger partial charge on any atom is 0.573 e. The summed E-state index contributed by atoms with van der Waals surface area (Å²) < 4.78 is 80.8. The highest BCUT2D eigenvalue weighted by Gasteiger charge is 2.48. The van der Waals surface area contributed by atoms with Crippen molar-refractivity contribution in [2.75, 3.05) is 7.05 Å². The molecule has 1 amide bonds. The standard InChI is InChI=1S/C17H19F6NO2/c1-24(10-11-6-2-5-9-14(11)26-17(21,22)23)15(25)12-7-3-4-8-13(12)16(18,19)20/h2,5-6,9,12-13H,3-4,7-8,10H2,1H3. The SMILES string of the molecule is CN(Cc1ccccc1OC(F)(F)F)C(=O)C1CCCCC1C(F)(F)F. The Morgan fingerprint density at radius 1 is 1.12 bits per heavy atom. The van der Waals surface area contributed by atoms with Gasteiger partial charge in [0, 0.05) is 25.1 Å². The number of rotatable bonds is 4. The van der Waals surface area contributed by atoms with Crippen LogP contribution < -0.4 is 4.74 Å². The number of para-hydroxylation sites is 1. The predicted octanol–water partition coefficient (Wildman–Crippen LogP) is 4.91. The van der Waals surface area contributed by atoms with Gasteiger partial charge in [-0.2, -0.15) is 13.2 Å². The molecule has 1 aromatic carbocycles. The predicted molar refractivity (Wildman–Crippen MR) is 81.1 cm³/mol. The smallest absolute Gasteiger partial charge is 0.405 e. The number of ether oxygens (including phenoxy) is 1. The van der Waals surface area contributed by atoms with E-state index >= 15 is 0 Å². The topological polar surface area (TPSA) is 29.5 Å². The van der Waals surface area contributed by atoms with Crippen molar-refractivity contribution in [2.45, 2.75) is 44.8 Å². The second-order valence-corrected chi connectivity index (χ2v) is 6.39. The van der Waals surface area contributed by atoms with E-state index in [1.165, 1.54) is 25.2 Å². The molecule has 0 aromatic heterocycles. The summed E-state index contributed by atoms with van der Waals surface area (Å²) >= 11 is 0. The summed E-state index contributed by atoms with van der Waals surface area (Å²) in [6.45, 7) is -0.272. The Labute approximate surface area is 146 Å². The highest BCUT2D eigenvalue weighted by atomic mass is 19.4. The van der Waals surface area contributed by atoms with E-state index in [0.717, 1.165) is 11.0 Å². The van der Waals surface area contributed by atoms with Crippen LogP contribution in [0.1, 0.15) is 31.2 Å². The summed E-state index contributed by atoms with van der Waals surface area (Å²) in [4.78, 5) is 13.6. The molecule has 0 heterocycles. The molecular weight excluding hydrogens is 364 g/mol. The molecule has 0 bridgehead atoms. The highest BCUT2D eigenvalue weighted by molar-refractivity contribution is 5.79. The Balaban J connectivity index is 2.14. The van der Waals surface area contributed by atoms with Crippen LogP contribution in [0.15, 0.2) is 24.3 Å². The molecule has 2 rings (SSSR count). The second kappa shape index (κ2) is 7.75. The monoisotopic (exact) mass is 383 g/mol. The van der Waals surface area contributed by atoms with Gasteiger partial charge in [0.2, 0.25) is 5.91 Å². The number of halogens is 6. The van der Waals surface area contributed by atoms with Crippen LogP contribution in [-0.2, 0) is 11.3 Å². The van der Waals surface area contributed by atoms with Gasteiger partial charge < -0.3 is 9.64 Å². The van der Waals surface area contributed by atoms with Gasteiger partial charge in [-0.3, -0.25) is 4.79 Å². The summed E-state index contributed by atoms with van der Waals surface area (Å²) in [6.07, 6.45) is -8.44. The van der Waals surface area contributed by atoms with Crippen LogP contribution in [0.2, 0.25) is 0 Å². The van der Waals surface area contributed by atoms with Gasteiger partial charge >= 0.3 is 12.5 Å². The third-order valence-electron chi connectivity index (χ3n) is 4.49. The van der Waals surface area contributed by atoms with E-state index in [0.29, 0.717) is 12.8 Å². The summed E-state index contributed by atoms with van der Waals surface area (Å²) in [7, 11) is 1.29. The molecule has 146 valence electrons. The quantitative estimate of drug-likeness (QED) is 0.692. The van der Waals surface area contributed by atoms with Gasteiger partial charge in [-0.15, -0.1) is 13.2 Å². The van der Waals surface area contributed by atoms with Crippen LogP contribution in [0, 0.1) is 11.8 Å². The maximum atomic E-state index is 13.2. The van der Waals surface area contributed by atoms with Gasteiger partial charge in [0.15, 0.2) is 0 Å². The average Bonchev–Trinajstić information content (AvgIpc) is 2.54. The van der Waals surface area contributed by atoms with Crippen LogP contribution in [-0.4, -0.2) is 30.4 Å². The van der Waals surface area contributed by atoms with Gasteiger partial charge in [0.1, 0.15) is 5.75 Å². The van der Waals surface area contributed by atoms with Crippen molar-refractivity contribution in [3.8, 4) is 5.75 Å². The number of nitrogens with zero attached hydrogens (tertiary/aromatic N) is 1. The van der Waals surface area contributed by atoms with Crippen LogP contribution in [0.25, 0.3) is 0 Å². The molecule has 1 fully saturated rings. The number of benzene rings is 1. The fourth-order valence-electron chi connectivity index (χ4n) is 3.29. The summed E-state index contributed by atoms with van der Waals surface area (Å²) in [6, 6.07) is 5.25. The van der Waals surface area contributed by atoms with Crippen molar-refractivity contribution in [3.63, 3.8) is 0 Å². The van der Waals surface area contributed by atoms with Crippen molar-refractivity contribution in [2.24, 2.45) is 11.8 Å². The Bertz CT molecular complexity index is 628. The zero-order chi connectivity index (χ0) is 19.5. The number of carbonyl (C=O) groups is 1. The molecule has 0 saturated heterocycles. The first-order valence-corrected chi connectivity index (χ1v) is 8.14. The third-order valence-corrected chi connectivity index (χ3v) is 4.49. The molecule has 2 atom stereocenters. The molecule has 26 heavy (non-hydrogen) atoms. The van der Waals surface area contributed by atoms with E-state index < -0.39 is 36.0 Å². The molecule has 1 saturated carbocycles. The lowest BCUT2D eigenvalue weighted by atomic mass is 9.78. The molecule has 3 nitrogen and oxygen atoms in total. The van der Waals surface area contributed by atoms with Crippen molar-refractivity contribution in [1.29, 1.82) is 0 Å². The molecule has 1 aliphatic rings. The number of hydrogen-bond acceptors (Lipinski definition) is 2. The minimum absolute atomic E-state index is 0.0695. The van der Waals surface area contributed by atoms with Gasteiger partial charge in [-0.25, -0.2) is 0 Å². The first kappa shape index (κ1) is 20.4. The van der Waals surface area contributed by atoms with Crippen LogP contribution >= 0.6 is 0 Å². The fraction of sp³-hybridized carbons (Fsp3) is 0.588. The normalized spacial score (nSPS) is 21.3. The van der Waals surface area contributed by atoms with E-state index in [1.54, 1.807) is 0 Å². The number of alkyl halides is 6. The van der Waals surface area contributed by atoms with E-state index in [9.17, 15) is 31.1 Å². The molecule has 0 N–H and O–H groups in total. The largest absolute Gasteiger partial charge is 0.573 e. The molecule has 2 unspecified atom stereocenters. The van der Waals surface area contributed by atoms with Gasteiger partial charge in [-0.1, -0.05) is 31.0 Å². The van der Waals surface area contributed by atoms with E-state index in [-0.39, 0.29) is 24.9 Å². The Kier molecular flexibility index (Phi) is 6.08. The zero-order valence-corrected chi connectivity index (χ0v) is 14.0. The van der Waals surface area contributed by atoms with Gasteiger partial charge in [0.05, 0.1) is 5.92 Å². The average molecular weight is 383 g/mol. The van der Waals surface area contributed by atoms with E-state index in [1.807, 2.05) is 0 Å². The molecule has 0 spiro atoms. The van der Waals surface area contributed by atoms with Crippen LogP contribution in [0.5, 0.6) is 5.75 Å². The fourth-order valence-corrected chi connectivity index (χ4v) is 3.29. The molecule has 1 aliphatic carbocycles.